The lowest BCUT2D eigenvalue weighted by molar-refractivity contribution is -0.301. The zero-order valence-electron chi connectivity index (χ0n) is 18.4. The number of hydrogen-bond acceptors (Lipinski definition) is 11. The molecule has 0 fully saturated rings. The number of fused-ring (bicyclic) bond motifs is 2. The zero-order valence-corrected chi connectivity index (χ0v) is 19.2. The second kappa shape index (κ2) is 15.8. The van der Waals surface area contributed by atoms with Gasteiger partial charge in [0.1, 0.15) is 0 Å². The predicted molar refractivity (Wildman–Crippen MR) is 120 cm³/mol. The summed E-state index contributed by atoms with van der Waals surface area (Å²) in [5.74, 6) is -5.15. The standard InChI is InChI=1S/C16H18N2S.2C4H4O4/c17-9-10-18-16-13-6-2-1-5-12(13)11-19-15-8-4-3-7-14(15)16;2*5-3(6)1-2-4(7)8/h1-8,16,18H,9-11,17H2;2*1-2H,(H,5,6)(H,7,8)/p-4/b;2*2-1-. The number of carbonyl (C=O) groups is 4. The molecule has 0 aliphatic carbocycles. The van der Waals surface area contributed by atoms with E-state index in [1.54, 1.807) is 0 Å². The summed E-state index contributed by atoms with van der Waals surface area (Å²) in [6.07, 6.45) is 1.54. The van der Waals surface area contributed by atoms with Crippen molar-refractivity contribution in [2.75, 3.05) is 13.1 Å². The van der Waals surface area contributed by atoms with Crippen molar-refractivity contribution in [2.24, 2.45) is 5.73 Å². The molecule has 0 saturated heterocycles. The van der Waals surface area contributed by atoms with Crippen LogP contribution in [0.4, 0.5) is 0 Å². The Hall–Kier alpha value is -3.93. The third kappa shape index (κ3) is 11.7. The highest BCUT2D eigenvalue weighted by Gasteiger charge is 2.22. The van der Waals surface area contributed by atoms with Crippen LogP contribution in [0, 0.1) is 0 Å². The Bertz CT molecular complexity index is 971. The van der Waals surface area contributed by atoms with Crippen LogP contribution in [-0.4, -0.2) is 37.0 Å². The fourth-order valence-electron chi connectivity index (χ4n) is 2.84. The van der Waals surface area contributed by atoms with Gasteiger partial charge in [0.15, 0.2) is 0 Å². The van der Waals surface area contributed by atoms with E-state index in [-0.39, 0.29) is 6.04 Å². The molecule has 10 nitrogen and oxygen atoms in total. The molecule has 1 heterocycles. The summed E-state index contributed by atoms with van der Waals surface area (Å²) in [6.45, 7) is 1.49. The van der Waals surface area contributed by atoms with E-state index in [0.29, 0.717) is 30.8 Å². The minimum absolute atomic E-state index is 0.256. The van der Waals surface area contributed by atoms with Gasteiger partial charge in [0.25, 0.3) is 0 Å². The van der Waals surface area contributed by atoms with E-state index in [4.69, 9.17) is 5.73 Å². The Morgan fingerprint density at radius 1 is 0.800 bits per heavy atom. The van der Waals surface area contributed by atoms with Crippen molar-refractivity contribution in [1.29, 1.82) is 0 Å². The number of thioether (sulfide) groups is 1. The van der Waals surface area contributed by atoms with Crippen LogP contribution in [0.25, 0.3) is 0 Å². The third-order valence-corrected chi connectivity index (χ3v) is 5.32. The number of carboxylic acid groups (broad SMARTS) is 4. The second-order valence-electron chi connectivity index (χ2n) is 6.64. The molecule has 3 N–H and O–H groups in total. The van der Waals surface area contributed by atoms with Crippen molar-refractivity contribution in [3.8, 4) is 0 Å². The average Bonchev–Trinajstić information content (AvgIpc) is 2.98. The molecule has 0 spiro atoms. The highest BCUT2D eigenvalue weighted by Crippen LogP contribution is 2.38. The molecule has 0 bridgehead atoms. The van der Waals surface area contributed by atoms with Crippen molar-refractivity contribution in [3.05, 3.63) is 89.5 Å². The predicted octanol–water partition coefficient (Wildman–Crippen LogP) is -2.99. The molecule has 0 amide bonds. The largest absolute Gasteiger partial charge is 0.545 e. The highest BCUT2D eigenvalue weighted by molar-refractivity contribution is 7.98. The normalized spacial score (nSPS) is 13.8. The van der Waals surface area contributed by atoms with E-state index in [1.807, 2.05) is 11.8 Å². The molecule has 1 unspecified atom stereocenters. The van der Waals surface area contributed by atoms with Gasteiger partial charge in [-0.2, -0.15) is 0 Å². The minimum Gasteiger partial charge on any atom is -0.545 e. The topological polar surface area (TPSA) is 199 Å². The Balaban J connectivity index is 0.000000320. The van der Waals surface area contributed by atoms with Crippen molar-refractivity contribution < 1.29 is 39.6 Å². The Labute approximate surface area is 205 Å². The monoisotopic (exact) mass is 498 g/mol. The first-order valence-electron chi connectivity index (χ1n) is 10.1. The van der Waals surface area contributed by atoms with Crippen LogP contribution in [0.3, 0.4) is 0 Å². The van der Waals surface area contributed by atoms with E-state index in [0.717, 1.165) is 12.3 Å². The fraction of sp³-hybridized carbons (Fsp3) is 0.167. The molecule has 3 rings (SSSR count). The van der Waals surface area contributed by atoms with Gasteiger partial charge in [0.05, 0.1) is 29.9 Å². The molecule has 35 heavy (non-hydrogen) atoms. The van der Waals surface area contributed by atoms with E-state index in [2.05, 4.69) is 53.8 Å². The molecule has 1 aliphatic heterocycles. The number of carbonyl (C=O) groups excluding carboxylic acids is 4. The number of aliphatic carboxylic acids is 4. The summed E-state index contributed by atoms with van der Waals surface area (Å²) in [4.78, 5) is 39.0. The molecule has 0 saturated carbocycles. The van der Waals surface area contributed by atoms with Gasteiger partial charge < -0.3 is 50.7 Å². The van der Waals surface area contributed by atoms with Crippen LogP contribution in [-0.2, 0) is 24.9 Å². The maximum Gasteiger partial charge on any atom is 0.0643 e. The van der Waals surface area contributed by atoms with E-state index < -0.39 is 23.9 Å². The molecule has 1 atom stereocenters. The van der Waals surface area contributed by atoms with Gasteiger partial charge in [0, 0.05) is 23.7 Å². The fourth-order valence-corrected chi connectivity index (χ4v) is 3.94. The van der Waals surface area contributed by atoms with Crippen LogP contribution in [0.1, 0.15) is 22.7 Å². The van der Waals surface area contributed by atoms with Crippen molar-refractivity contribution in [2.45, 2.75) is 16.7 Å². The minimum atomic E-state index is -1.55. The lowest BCUT2D eigenvalue weighted by Gasteiger charge is -2.21. The number of nitrogens with two attached hydrogens (primary N) is 1. The summed E-state index contributed by atoms with van der Waals surface area (Å²) in [7, 11) is 0. The van der Waals surface area contributed by atoms with E-state index in [1.165, 1.54) is 21.6 Å². The van der Waals surface area contributed by atoms with Crippen LogP contribution in [0.15, 0.2) is 77.7 Å². The summed E-state index contributed by atoms with van der Waals surface area (Å²) in [5, 5.41) is 41.2. The second-order valence-corrected chi connectivity index (χ2v) is 7.66. The molecular weight excluding hydrogens is 476 g/mol. The number of hydrogen-bond donors (Lipinski definition) is 2. The SMILES string of the molecule is NCCNC1c2ccccc2CSc2ccccc21.O=C([O-])/C=C\C(=O)[O-].O=C([O-])/C=C\C(=O)[O-]. The summed E-state index contributed by atoms with van der Waals surface area (Å²) in [5.41, 5.74) is 9.82. The van der Waals surface area contributed by atoms with Gasteiger partial charge in [-0.25, -0.2) is 0 Å². The summed E-state index contributed by atoms with van der Waals surface area (Å²) < 4.78 is 0. The maximum atomic E-state index is 9.41. The summed E-state index contributed by atoms with van der Waals surface area (Å²) in [6, 6.07) is 17.6. The Morgan fingerprint density at radius 3 is 1.74 bits per heavy atom. The van der Waals surface area contributed by atoms with Crippen molar-refractivity contribution in [3.63, 3.8) is 0 Å². The summed E-state index contributed by atoms with van der Waals surface area (Å²) >= 11 is 1.92. The first-order valence-corrected chi connectivity index (χ1v) is 11.1. The number of carboxylic acids is 4. The lowest BCUT2D eigenvalue weighted by atomic mass is 9.95. The van der Waals surface area contributed by atoms with Gasteiger partial charge in [-0.05, 0) is 47.1 Å². The first-order chi connectivity index (χ1) is 16.6. The van der Waals surface area contributed by atoms with Crippen molar-refractivity contribution >= 4 is 35.6 Å². The van der Waals surface area contributed by atoms with Gasteiger partial charge in [-0.1, -0.05) is 42.5 Å². The third-order valence-electron chi connectivity index (χ3n) is 4.18. The number of rotatable bonds is 7. The average molecular weight is 499 g/mol. The number of nitrogens with one attached hydrogen (secondary N) is 1. The van der Waals surface area contributed by atoms with Gasteiger partial charge in [-0.3, -0.25) is 0 Å². The Morgan fingerprint density at radius 2 is 1.26 bits per heavy atom. The van der Waals surface area contributed by atoms with Gasteiger partial charge in [0.2, 0.25) is 0 Å². The van der Waals surface area contributed by atoms with E-state index >= 15 is 0 Å². The van der Waals surface area contributed by atoms with Gasteiger partial charge in [-0.15, -0.1) is 11.8 Å². The molecular formula is C24H22N2O8S-4. The number of benzene rings is 2. The van der Waals surface area contributed by atoms with Crippen LogP contribution < -0.4 is 31.5 Å². The maximum absolute atomic E-state index is 9.41. The first kappa shape index (κ1) is 29.1. The lowest BCUT2D eigenvalue weighted by Crippen LogP contribution is -2.28. The van der Waals surface area contributed by atoms with Gasteiger partial charge >= 0.3 is 0 Å². The zero-order chi connectivity index (χ0) is 26.2. The Kier molecular flexibility index (Phi) is 13.2. The smallest absolute Gasteiger partial charge is 0.0643 e. The van der Waals surface area contributed by atoms with Crippen LogP contribution >= 0.6 is 11.8 Å². The van der Waals surface area contributed by atoms with E-state index in [9.17, 15) is 39.6 Å². The molecule has 186 valence electrons. The van der Waals surface area contributed by atoms with Crippen molar-refractivity contribution in [1.82, 2.24) is 5.32 Å². The molecule has 0 radical (unpaired) electrons. The quantitative estimate of drug-likeness (QED) is 0.369. The molecule has 2 aromatic rings. The highest BCUT2D eigenvalue weighted by atomic mass is 32.2. The molecule has 0 aromatic heterocycles. The molecule has 1 aliphatic rings. The molecule has 2 aromatic carbocycles. The molecule has 11 heteroatoms. The van der Waals surface area contributed by atoms with Crippen LogP contribution in [0.5, 0.6) is 0 Å². The van der Waals surface area contributed by atoms with Crippen LogP contribution in [0.2, 0.25) is 0 Å².